The van der Waals surface area contributed by atoms with Gasteiger partial charge in [0.1, 0.15) is 29.7 Å². The van der Waals surface area contributed by atoms with Crippen LogP contribution in [-0.4, -0.2) is 97.0 Å². The minimum absolute atomic E-state index is 0.0520. The number of carbonyl (C=O) groups excluding carboxylic acids is 4. The zero-order valence-electron chi connectivity index (χ0n) is 32.6. The number of carbonyl (C=O) groups is 4. The molecule has 2 saturated heterocycles. The van der Waals surface area contributed by atoms with Gasteiger partial charge in [0.2, 0.25) is 27.7 Å². The molecule has 4 atom stereocenters. The monoisotopic (exact) mass is 799 g/mol. The number of rotatable bonds is 9. The molecular formula is C43H53N5O8S. The maximum Gasteiger partial charge on any atom is 0.256 e. The fraction of sp³-hybridized carbons (Fsp3) is 0.512. The van der Waals surface area contributed by atoms with E-state index in [9.17, 15) is 27.6 Å². The highest BCUT2D eigenvalue weighted by Gasteiger charge is 2.45. The van der Waals surface area contributed by atoms with Crippen LogP contribution in [0.2, 0.25) is 0 Å². The van der Waals surface area contributed by atoms with Crippen molar-refractivity contribution in [3.05, 3.63) is 66.7 Å². The summed E-state index contributed by atoms with van der Waals surface area (Å²) in [5.41, 5.74) is 2.20. The Bertz CT molecular complexity index is 2080. The van der Waals surface area contributed by atoms with E-state index in [1.165, 1.54) is 4.90 Å². The van der Waals surface area contributed by atoms with Crippen LogP contribution in [0.25, 0.3) is 22.2 Å². The summed E-state index contributed by atoms with van der Waals surface area (Å²) in [4.78, 5) is 64.5. The third-order valence-electron chi connectivity index (χ3n) is 11.5. The van der Waals surface area contributed by atoms with Crippen molar-refractivity contribution in [2.45, 2.75) is 107 Å². The lowest BCUT2D eigenvalue weighted by molar-refractivity contribution is -0.145. The molecule has 7 rings (SSSR count). The van der Waals surface area contributed by atoms with Gasteiger partial charge in [0, 0.05) is 54.9 Å². The van der Waals surface area contributed by atoms with Gasteiger partial charge in [-0.25, -0.2) is 13.4 Å². The van der Waals surface area contributed by atoms with Gasteiger partial charge in [-0.1, -0.05) is 55.3 Å². The number of benzene rings is 2. The molecule has 0 bridgehead atoms. The van der Waals surface area contributed by atoms with Crippen molar-refractivity contribution in [2.24, 2.45) is 5.92 Å². The molecule has 2 N–H and O–H groups in total. The summed E-state index contributed by atoms with van der Waals surface area (Å²) in [7, 11) is -2.28. The largest absolute Gasteiger partial charge is 0.497 e. The second-order valence-electron chi connectivity index (χ2n) is 15.7. The van der Waals surface area contributed by atoms with E-state index in [2.05, 4.69) is 10.0 Å². The summed E-state index contributed by atoms with van der Waals surface area (Å²) in [6, 6.07) is 14.8. The van der Waals surface area contributed by atoms with Gasteiger partial charge in [-0.05, 0) is 69.9 Å². The van der Waals surface area contributed by atoms with Crippen molar-refractivity contribution in [1.82, 2.24) is 24.8 Å². The van der Waals surface area contributed by atoms with Crippen molar-refractivity contribution < 1.29 is 37.1 Å². The number of methoxy groups -OCH3 is 1. The molecule has 3 aliphatic heterocycles. The number of hydrogen-bond acceptors (Lipinski definition) is 9. The van der Waals surface area contributed by atoms with Gasteiger partial charge >= 0.3 is 0 Å². The summed E-state index contributed by atoms with van der Waals surface area (Å²) in [5, 5.41) is 2.92. The number of allylic oxidation sites excluding steroid dienone is 1. The Morgan fingerprint density at radius 1 is 0.930 bits per heavy atom. The number of ether oxygens (including phenoxy) is 2. The number of amides is 4. The van der Waals surface area contributed by atoms with Crippen LogP contribution >= 0.6 is 0 Å². The lowest BCUT2D eigenvalue weighted by atomic mass is 9.94. The van der Waals surface area contributed by atoms with Crippen LogP contribution in [0.15, 0.2) is 66.7 Å². The van der Waals surface area contributed by atoms with Crippen LogP contribution in [0, 0.1) is 5.92 Å². The van der Waals surface area contributed by atoms with Crippen LogP contribution in [-0.2, 0) is 29.2 Å². The third-order valence-corrected chi connectivity index (χ3v) is 13.3. The van der Waals surface area contributed by atoms with Crippen molar-refractivity contribution in [1.29, 1.82) is 0 Å². The Hall–Kier alpha value is -4.98. The first-order chi connectivity index (χ1) is 27.6. The molecule has 57 heavy (non-hydrogen) atoms. The molecule has 4 heterocycles. The molecule has 0 radical (unpaired) electrons. The zero-order valence-corrected chi connectivity index (χ0v) is 33.4. The zero-order chi connectivity index (χ0) is 39.9. The number of pyridine rings is 1. The molecule has 1 aromatic heterocycles. The highest BCUT2D eigenvalue weighted by Crippen LogP contribution is 2.35. The molecule has 13 nitrogen and oxygen atoms in total. The first kappa shape index (κ1) is 40.2. The predicted octanol–water partition coefficient (Wildman–Crippen LogP) is 5.28. The topological polar surface area (TPSA) is 164 Å². The van der Waals surface area contributed by atoms with Gasteiger partial charge in [-0.3, -0.25) is 23.9 Å². The lowest BCUT2D eigenvalue weighted by Gasteiger charge is -2.31. The van der Waals surface area contributed by atoms with Gasteiger partial charge < -0.3 is 24.6 Å². The summed E-state index contributed by atoms with van der Waals surface area (Å²) in [5.74, 6) is -1.25. The Morgan fingerprint density at radius 3 is 2.46 bits per heavy atom. The molecule has 0 unspecified atom stereocenters. The van der Waals surface area contributed by atoms with Crippen molar-refractivity contribution in [2.75, 3.05) is 26.7 Å². The summed E-state index contributed by atoms with van der Waals surface area (Å²) in [6.45, 7) is 1.42. The quantitative estimate of drug-likeness (QED) is 0.274. The summed E-state index contributed by atoms with van der Waals surface area (Å²) in [6.07, 6.45) is 10.9. The molecule has 1 aliphatic carbocycles. The van der Waals surface area contributed by atoms with Crippen molar-refractivity contribution in [3.8, 4) is 22.8 Å². The smallest absolute Gasteiger partial charge is 0.256 e. The number of fused-ring (bicyclic) bond motifs is 2. The highest BCUT2D eigenvalue weighted by atomic mass is 32.2. The average molecular weight is 800 g/mol. The van der Waals surface area contributed by atoms with Gasteiger partial charge in [0.25, 0.3) is 5.91 Å². The molecule has 3 aromatic rings. The Labute approximate surface area is 334 Å². The average Bonchev–Trinajstić information content (AvgIpc) is 4.01. The number of piperidine rings is 1. The first-order valence-corrected chi connectivity index (χ1v) is 21.9. The van der Waals surface area contributed by atoms with Gasteiger partial charge in [-0.15, -0.1) is 0 Å². The van der Waals surface area contributed by atoms with E-state index in [0.717, 1.165) is 55.9 Å². The van der Waals surface area contributed by atoms with E-state index in [1.807, 2.05) is 65.6 Å². The Balaban J connectivity index is 1.20. The van der Waals surface area contributed by atoms with E-state index in [0.29, 0.717) is 55.1 Å². The lowest BCUT2D eigenvalue weighted by Crippen LogP contribution is -2.54. The third kappa shape index (κ3) is 9.95. The van der Waals surface area contributed by atoms with Crippen LogP contribution in [0.4, 0.5) is 0 Å². The molecule has 14 heteroatoms. The maximum absolute atomic E-state index is 14.8. The van der Waals surface area contributed by atoms with Crippen LogP contribution in [0.1, 0.15) is 83.5 Å². The predicted molar refractivity (Wildman–Crippen MR) is 216 cm³/mol. The Kier molecular flexibility index (Phi) is 12.8. The van der Waals surface area contributed by atoms with E-state index < -0.39 is 51.2 Å². The minimum Gasteiger partial charge on any atom is -0.497 e. The molecule has 2 aromatic carbocycles. The maximum atomic E-state index is 14.8. The molecule has 0 spiro atoms. The second kappa shape index (κ2) is 18.1. The SMILES string of the molecule is COc1ccc2c(O[C@@H]3C[C@H]4C(=O)N[C@@H](C(=O)NS(=O)(=O)C5CC5)C/C=C\CCCCC[C@H](CC(=O)N5CCCCC5)C(=O)N4C3)cc(-c3ccccc3)nc2c1. The van der Waals surface area contributed by atoms with Crippen LogP contribution < -0.4 is 19.5 Å². The van der Waals surface area contributed by atoms with Gasteiger partial charge in [-0.2, -0.15) is 0 Å². The fourth-order valence-corrected chi connectivity index (χ4v) is 9.44. The molecule has 1 saturated carbocycles. The van der Waals surface area contributed by atoms with E-state index in [-0.39, 0.29) is 37.6 Å². The van der Waals surface area contributed by atoms with Gasteiger partial charge in [0.05, 0.1) is 30.1 Å². The van der Waals surface area contributed by atoms with E-state index >= 15 is 0 Å². The number of sulfonamides is 1. The first-order valence-electron chi connectivity index (χ1n) is 20.4. The number of nitrogens with zero attached hydrogens (tertiary/aromatic N) is 3. The van der Waals surface area contributed by atoms with Crippen LogP contribution in [0.5, 0.6) is 11.5 Å². The van der Waals surface area contributed by atoms with Gasteiger partial charge in [0.15, 0.2) is 0 Å². The summed E-state index contributed by atoms with van der Waals surface area (Å²) < 4.78 is 40.0. The molecule has 3 fully saturated rings. The molecule has 4 amide bonds. The van der Waals surface area contributed by atoms with Crippen molar-refractivity contribution in [3.63, 3.8) is 0 Å². The number of likely N-dealkylation sites (tertiary alicyclic amines) is 1. The fourth-order valence-electron chi connectivity index (χ4n) is 8.09. The second-order valence-corrected chi connectivity index (χ2v) is 17.7. The molecule has 304 valence electrons. The minimum atomic E-state index is -3.87. The standard InChI is InChI=1S/C43H53N5O8S/c1-55-31-18-21-34-37(25-31)44-36(29-14-9-6-10-15-29)27-39(34)56-32-26-38-42(51)45-35(41(50)46-57(53,54)33-19-20-33)17-11-5-3-2-4-8-16-30(43(52)48(38)28-32)24-40(49)47-22-12-7-13-23-47/h5-6,9-11,14-15,18,21,25,27,30,32-33,35,38H,2-4,7-8,12-13,16-17,19-20,22-24,26,28H2,1H3,(H,45,51)(H,46,50)/b11-5-/t30-,32-,35-,38+/m1/s1. The highest BCUT2D eigenvalue weighted by molar-refractivity contribution is 7.90. The Morgan fingerprint density at radius 2 is 1.70 bits per heavy atom. The molecule has 4 aliphatic rings. The summed E-state index contributed by atoms with van der Waals surface area (Å²) >= 11 is 0. The number of hydrogen-bond donors (Lipinski definition) is 2. The van der Waals surface area contributed by atoms with Crippen LogP contribution in [0.3, 0.4) is 0 Å². The number of nitrogens with one attached hydrogen (secondary N) is 2. The van der Waals surface area contributed by atoms with E-state index in [4.69, 9.17) is 14.5 Å². The van der Waals surface area contributed by atoms with E-state index in [1.54, 1.807) is 13.2 Å². The normalized spacial score (nSPS) is 24.4. The number of aromatic nitrogens is 1. The van der Waals surface area contributed by atoms with Crippen molar-refractivity contribution >= 4 is 44.6 Å². The molecular weight excluding hydrogens is 747 g/mol.